The molecule has 1 heterocycles. The van der Waals surface area contributed by atoms with E-state index in [1.54, 1.807) is 42.7 Å². The van der Waals surface area contributed by atoms with Crippen molar-refractivity contribution in [2.24, 2.45) is 0 Å². The minimum Gasteiger partial charge on any atom is -0.475 e. The van der Waals surface area contributed by atoms with Crippen LogP contribution in [-0.2, 0) is 9.53 Å². The van der Waals surface area contributed by atoms with Gasteiger partial charge < -0.3 is 14.0 Å². The quantitative estimate of drug-likeness (QED) is 0.234. The molecule has 0 aliphatic rings. The summed E-state index contributed by atoms with van der Waals surface area (Å²) < 4.78 is 25.9. The first-order valence-electron chi connectivity index (χ1n) is 9.28. The van der Waals surface area contributed by atoms with Gasteiger partial charge in [-0.25, -0.2) is 9.18 Å². The average molecular weight is 426 g/mol. The van der Waals surface area contributed by atoms with Crippen LogP contribution in [0.2, 0.25) is 0 Å². The fraction of sp³-hybridized carbons (Fsp3) is 0.182. The Labute approximate surface area is 177 Å². The van der Waals surface area contributed by atoms with E-state index in [9.17, 15) is 24.1 Å². The molecule has 3 rings (SSSR count). The predicted molar refractivity (Wildman–Crippen MR) is 109 cm³/mol. The monoisotopic (exact) mass is 426 g/mol. The first kappa shape index (κ1) is 21.7. The van der Waals surface area contributed by atoms with Crippen LogP contribution in [0.4, 0.5) is 10.1 Å². The number of nitro benzene ring substituents is 1. The largest absolute Gasteiger partial charge is 0.475 e. The van der Waals surface area contributed by atoms with Gasteiger partial charge in [-0.1, -0.05) is 24.3 Å². The van der Waals surface area contributed by atoms with Crippen molar-refractivity contribution in [2.45, 2.75) is 13.8 Å². The van der Waals surface area contributed by atoms with E-state index >= 15 is 0 Å². The van der Waals surface area contributed by atoms with Gasteiger partial charge in [0.05, 0.1) is 10.6 Å². The predicted octanol–water partition coefficient (Wildman–Crippen LogP) is 3.95. The Morgan fingerprint density at radius 1 is 1.06 bits per heavy atom. The van der Waals surface area contributed by atoms with Crippen molar-refractivity contribution < 1.29 is 28.4 Å². The summed E-state index contributed by atoms with van der Waals surface area (Å²) in [6, 6.07) is 13.4. The summed E-state index contributed by atoms with van der Waals surface area (Å²) in [5.41, 5.74) is 1.49. The maximum Gasteiger partial charge on any atom is 0.344 e. The van der Waals surface area contributed by atoms with Crippen LogP contribution in [0.1, 0.15) is 21.7 Å². The number of nitrogens with zero attached hydrogens (tertiary/aromatic N) is 2. The van der Waals surface area contributed by atoms with E-state index in [1.165, 1.54) is 30.3 Å². The number of hydrogen-bond acceptors (Lipinski definition) is 6. The Morgan fingerprint density at radius 3 is 2.45 bits per heavy atom. The Kier molecular flexibility index (Phi) is 6.44. The van der Waals surface area contributed by atoms with E-state index in [0.29, 0.717) is 22.6 Å². The van der Waals surface area contributed by atoms with Gasteiger partial charge in [0.1, 0.15) is 5.82 Å². The molecule has 0 saturated carbocycles. The molecular formula is C22H19FN2O6. The van der Waals surface area contributed by atoms with Crippen molar-refractivity contribution in [3.05, 3.63) is 87.5 Å². The molecule has 0 bridgehead atoms. The van der Waals surface area contributed by atoms with Crippen LogP contribution < -0.4 is 4.74 Å². The summed E-state index contributed by atoms with van der Waals surface area (Å²) in [7, 11) is 0. The Balaban J connectivity index is 1.64. The average Bonchev–Trinajstić information content (AvgIpc) is 3.05. The molecule has 0 aliphatic carbocycles. The molecule has 1 aromatic heterocycles. The lowest BCUT2D eigenvalue weighted by molar-refractivity contribution is -0.385. The molecule has 0 spiro atoms. The van der Waals surface area contributed by atoms with Gasteiger partial charge in [0, 0.05) is 23.0 Å². The van der Waals surface area contributed by atoms with Gasteiger partial charge >= 0.3 is 11.7 Å². The molecular weight excluding hydrogens is 407 g/mol. The van der Waals surface area contributed by atoms with Gasteiger partial charge in [-0.3, -0.25) is 14.9 Å². The van der Waals surface area contributed by atoms with Gasteiger partial charge in [0.15, 0.2) is 19.0 Å². The van der Waals surface area contributed by atoms with E-state index in [1.807, 2.05) is 0 Å². The highest BCUT2D eigenvalue weighted by Gasteiger charge is 2.20. The van der Waals surface area contributed by atoms with E-state index in [-0.39, 0.29) is 11.4 Å². The smallest absolute Gasteiger partial charge is 0.344 e. The molecule has 0 N–H and O–H groups in total. The van der Waals surface area contributed by atoms with Gasteiger partial charge in [-0.05, 0) is 38.1 Å². The van der Waals surface area contributed by atoms with Crippen molar-refractivity contribution in [1.82, 2.24) is 4.57 Å². The summed E-state index contributed by atoms with van der Waals surface area (Å²) in [6.45, 7) is 2.28. The number of aromatic nitrogens is 1. The number of carbonyl (C=O) groups excluding carboxylic acids is 2. The zero-order valence-electron chi connectivity index (χ0n) is 16.8. The summed E-state index contributed by atoms with van der Waals surface area (Å²) in [5.74, 6) is -1.82. The number of Topliss-reactive ketones (excluding diaryl/α,β-unsaturated/α-hetero) is 1. The molecule has 0 aliphatic heterocycles. The second-order valence-corrected chi connectivity index (χ2v) is 6.67. The fourth-order valence-corrected chi connectivity index (χ4v) is 3.18. The summed E-state index contributed by atoms with van der Waals surface area (Å²) in [6.07, 6.45) is 0. The van der Waals surface area contributed by atoms with Crippen LogP contribution in [0.25, 0.3) is 5.69 Å². The molecule has 0 unspecified atom stereocenters. The van der Waals surface area contributed by atoms with Gasteiger partial charge in [0.2, 0.25) is 5.78 Å². The third-order valence-corrected chi connectivity index (χ3v) is 4.60. The van der Waals surface area contributed by atoms with E-state index in [4.69, 9.17) is 9.47 Å². The number of nitro groups is 1. The maximum atomic E-state index is 14.2. The third kappa shape index (κ3) is 4.77. The second-order valence-electron chi connectivity index (χ2n) is 6.67. The SMILES string of the molecule is Cc1cc(C(=O)COC(=O)COc2ccccc2[N+](=O)[O-])c(C)n1-c1ccccc1F. The van der Waals surface area contributed by atoms with Crippen LogP contribution in [-0.4, -0.2) is 34.5 Å². The summed E-state index contributed by atoms with van der Waals surface area (Å²) >= 11 is 0. The lowest BCUT2D eigenvalue weighted by Gasteiger charge is -2.11. The van der Waals surface area contributed by atoms with Gasteiger partial charge in [-0.2, -0.15) is 0 Å². The minimum absolute atomic E-state index is 0.0794. The highest BCUT2D eigenvalue weighted by Crippen LogP contribution is 2.26. The van der Waals surface area contributed by atoms with Crippen LogP contribution in [0.3, 0.4) is 0 Å². The molecule has 0 fully saturated rings. The number of para-hydroxylation sites is 3. The van der Waals surface area contributed by atoms with Crippen molar-refractivity contribution in [1.29, 1.82) is 0 Å². The number of hydrogen-bond donors (Lipinski definition) is 0. The Bertz CT molecular complexity index is 1150. The minimum atomic E-state index is -0.852. The second kappa shape index (κ2) is 9.21. The van der Waals surface area contributed by atoms with E-state index < -0.39 is 35.7 Å². The van der Waals surface area contributed by atoms with Gasteiger partial charge in [-0.15, -0.1) is 0 Å². The number of esters is 1. The van der Waals surface area contributed by atoms with Crippen molar-refractivity contribution in [3.8, 4) is 11.4 Å². The van der Waals surface area contributed by atoms with E-state index in [0.717, 1.165) is 0 Å². The summed E-state index contributed by atoms with van der Waals surface area (Å²) in [4.78, 5) is 34.8. The van der Waals surface area contributed by atoms with Crippen LogP contribution in [0.5, 0.6) is 5.75 Å². The number of rotatable bonds is 8. The van der Waals surface area contributed by atoms with Crippen molar-refractivity contribution in [3.63, 3.8) is 0 Å². The molecule has 0 atom stereocenters. The highest BCUT2D eigenvalue weighted by molar-refractivity contribution is 5.99. The number of aryl methyl sites for hydroxylation is 1. The van der Waals surface area contributed by atoms with Gasteiger partial charge in [0.25, 0.3) is 0 Å². The molecule has 160 valence electrons. The number of ketones is 1. The van der Waals surface area contributed by atoms with Crippen LogP contribution >= 0.6 is 0 Å². The van der Waals surface area contributed by atoms with Crippen LogP contribution in [0, 0.1) is 29.8 Å². The van der Waals surface area contributed by atoms with Crippen LogP contribution in [0.15, 0.2) is 54.6 Å². The lowest BCUT2D eigenvalue weighted by Crippen LogP contribution is -2.20. The van der Waals surface area contributed by atoms with Crippen molar-refractivity contribution in [2.75, 3.05) is 13.2 Å². The third-order valence-electron chi connectivity index (χ3n) is 4.60. The first-order chi connectivity index (χ1) is 14.8. The number of ether oxygens (including phenoxy) is 2. The molecule has 2 aromatic carbocycles. The molecule has 9 heteroatoms. The number of carbonyl (C=O) groups is 2. The zero-order chi connectivity index (χ0) is 22.5. The number of benzene rings is 2. The summed E-state index contributed by atoms with van der Waals surface area (Å²) in [5, 5.41) is 11.0. The normalized spacial score (nSPS) is 10.5. The molecule has 0 saturated heterocycles. The standard InChI is InChI=1S/C22H19FN2O6/c1-14-11-16(15(2)24(14)18-8-4-3-7-17(18)23)20(26)12-31-22(27)13-30-21-10-6-5-9-19(21)25(28)29/h3-11H,12-13H2,1-2H3. The highest BCUT2D eigenvalue weighted by atomic mass is 19.1. The van der Waals surface area contributed by atoms with Crippen molar-refractivity contribution >= 4 is 17.4 Å². The molecule has 3 aromatic rings. The molecule has 0 radical (unpaired) electrons. The Hall–Kier alpha value is -4.01. The topological polar surface area (TPSA) is 101 Å². The fourth-order valence-electron chi connectivity index (χ4n) is 3.18. The molecule has 0 amide bonds. The van der Waals surface area contributed by atoms with E-state index in [2.05, 4.69) is 0 Å². The zero-order valence-corrected chi connectivity index (χ0v) is 16.8. The number of halogens is 1. The molecule has 31 heavy (non-hydrogen) atoms. The molecule has 8 nitrogen and oxygen atoms in total. The maximum absolute atomic E-state index is 14.2. The first-order valence-corrected chi connectivity index (χ1v) is 9.28. The Morgan fingerprint density at radius 2 is 1.74 bits per heavy atom. The lowest BCUT2D eigenvalue weighted by atomic mass is 10.1.